The van der Waals surface area contributed by atoms with Crippen LogP contribution in [0, 0.1) is 11.3 Å². The first-order chi connectivity index (χ1) is 11.2. The third-order valence-corrected chi connectivity index (χ3v) is 3.76. The summed E-state index contributed by atoms with van der Waals surface area (Å²) in [4.78, 5) is 11.3. The van der Waals surface area contributed by atoms with Gasteiger partial charge in [0, 0.05) is 29.2 Å². The zero-order valence-corrected chi connectivity index (χ0v) is 12.8. The largest absolute Gasteiger partial charge is 0.494 e. The Kier molecular flexibility index (Phi) is 4.11. The summed E-state index contributed by atoms with van der Waals surface area (Å²) in [6, 6.07) is 15.4. The van der Waals surface area contributed by atoms with Crippen molar-refractivity contribution in [2.45, 2.75) is 13.5 Å². The second-order valence-corrected chi connectivity index (χ2v) is 5.25. The van der Waals surface area contributed by atoms with E-state index in [0.29, 0.717) is 24.3 Å². The zero-order valence-electron chi connectivity index (χ0n) is 12.8. The van der Waals surface area contributed by atoms with Crippen LogP contribution in [0.4, 0.5) is 0 Å². The molecule has 0 amide bonds. The maximum absolute atomic E-state index is 11.3. The summed E-state index contributed by atoms with van der Waals surface area (Å²) in [5.74, 6) is 0.763. The molecule has 0 spiro atoms. The fraction of sp³-hybridized carbons (Fsp3) is 0.158. The summed E-state index contributed by atoms with van der Waals surface area (Å²) in [5, 5.41) is 9.75. The van der Waals surface area contributed by atoms with Crippen LogP contribution in [0.1, 0.15) is 28.4 Å². The van der Waals surface area contributed by atoms with Crippen LogP contribution in [0.25, 0.3) is 10.9 Å². The predicted molar refractivity (Wildman–Crippen MR) is 88.8 cm³/mol. The smallest absolute Gasteiger partial charge is 0.152 e. The van der Waals surface area contributed by atoms with Crippen LogP contribution < -0.4 is 4.74 Å². The van der Waals surface area contributed by atoms with Gasteiger partial charge in [-0.3, -0.25) is 4.79 Å². The van der Waals surface area contributed by atoms with Gasteiger partial charge in [0.1, 0.15) is 5.75 Å². The number of rotatable bonds is 5. The van der Waals surface area contributed by atoms with Gasteiger partial charge in [-0.15, -0.1) is 0 Å². The summed E-state index contributed by atoms with van der Waals surface area (Å²) in [6.07, 6.45) is 2.72. The molecular weight excluding hydrogens is 288 g/mol. The zero-order chi connectivity index (χ0) is 16.2. The molecule has 0 aliphatic carbocycles. The topological polar surface area (TPSA) is 55.0 Å². The highest BCUT2D eigenvalue weighted by Gasteiger charge is 2.10. The average Bonchev–Trinajstić information content (AvgIpc) is 2.93. The van der Waals surface area contributed by atoms with Crippen molar-refractivity contribution >= 4 is 17.2 Å². The molecule has 0 unspecified atom stereocenters. The summed E-state index contributed by atoms with van der Waals surface area (Å²) < 4.78 is 7.55. The van der Waals surface area contributed by atoms with Gasteiger partial charge in [-0.25, -0.2) is 0 Å². The number of nitrogens with zero attached hydrogens (tertiary/aromatic N) is 2. The number of benzene rings is 2. The number of aromatic nitrogens is 1. The van der Waals surface area contributed by atoms with E-state index in [1.54, 1.807) is 12.1 Å². The van der Waals surface area contributed by atoms with Crippen molar-refractivity contribution in [2.75, 3.05) is 6.61 Å². The Morgan fingerprint density at radius 3 is 2.65 bits per heavy atom. The summed E-state index contributed by atoms with van der Waals surface area (Å²) in [7, 11) is 0. The van der Waals surface area contributed by atoms with Crippen LogP contribution in [-0.2, 0) is 6.54 Å². The molecule has 114 valence electrons. The number of carbonyl (C=O) groups is 1. The molecule has 3 aromatic rings. The molecule has 0 N–H and O–H groups in total. The molecular formula is C19H16N2O2. The lowest BCUT2D eigenvalue weighted by molar-refractivity contribution is 0.112. The van der Waals surface area contributed by atoms with Gasteiger partial charge in [0.15, 0.2) is 6.29 Å². The molecule has 0 radical (unpaired) electrons. The van der Waals surface area contributed by atoms with Crippen LogP contribution in [0.2, 0.25) is 0 Å². The average molecular weight is 304 g/mol. The molecule has 0 aliphatic heterocycles. The Hall–Kier alpha value is -3.06. The van der Waals surface area contributed by atoms with E-state index in [0.717, 1.165) is 28.5 Å². The fourth-order valence-electron chi connectivity index (χ4n) is 2.67. The Bertz CT molecular complexity index is 886. The number of hydrogen-bond acceptors (Lipinski definition) is 3. The Morgan fingerprint density at radius 1 is 1.22 bits per heavy atom. The minimum absolute atomic E-state index is 0.591. The van der Waals surface area contributed by atoms with Crippen molar-refractivity contribution < 1.29 is 9.53 Å². The summed E-state index contributed by atoms with van der Waals surface area (Å²) in [6.45, 7) is 3.17. The van der Waals surface area contributed by atoms with Crippen LogP contribution in [-0.4, -0.2) is 17.5 Å². The van der Waals surface area contributed by atoms with E-state index < -0.39 is 0 Å². The molecule has 1 aromatic heterocycles. The number of carbonyl (C=O) groups excluding carboxylic acids is 1. The summed E-state index contributed by atoms with van der Waals surface area (Å²) in [5.41, 5.74) is 3.35. The van der Waals surface area contributed by atoms with Gasteiger partial charge in [-0.05, 0) is 42.8 Å². The van der Waals surface area contributed by atoms with Gasteiger partial charge in [-0.2, -0.15) is 5.26 Å². The van der Waals surface area contributed by atoms with Gasteiger partial charge < -0.3 is 9.30 Å². The minimum atomic E-state index is 0.591. The Labute approximate surface area is 134 Å². The fourth-order valence-corrected chi connectivity index (χ4v) is 2.67. The first kappa shape index (κ1) is 14.9. The number of aldehydes is 1. The second-order valence-electron chi connectivity index (χ2n) is 5.25. The van der Waals surface area contributed by atoms with Crippen molar-refractivity contribution in [1.29, 1.82) is 5.26 Å². The van der Waals surface area contributed by atoms with E-state index in [9.17, 15) is 4.79 Å². The number of fused-ring (bicyclic) bond motifs is 1. The van der Waals surface area contributed by atoms with Crippen molar-refractivity contribution in [3.63, 3.8) is 0 Å². The van der Waals surface area contributed by atoms with Crippen LogP contribution in [0.5, 0.6) is 5.75 Å². The van der Waals surface area contributed by atoms with Gasteiger partial charge in [0.2, 0.25) is 0 Å². The lowest BCUT2D eigenvalue weighted by Gasteiger charge is -2.07. The molecule has 0 atom stereocenters. The lowest BCUT2D eigenvalue weighted by atomic mass is 10.1. The minimum Gasteiger partial charge on any atom is -0.494 e. The van der Waals surface area contributed by atoms with Gasteiger partial charge in [0.25, 0.3) is 0 Å². The van der Waals surface area contributed by atoms with Crippen molar-refractivity contribution in [3.05, 3.63) is 65.4 Å². The van der Waals surface area contributed by atoms with E-state index >= 15 is 0 Å². The molecule has 23 heavy (non-hydrogen) atoms. The molecule has 0 bridgehead atoms. The molecule has 4 heteroatoms. The third kappa shape index (κ3) is 2.95. The highest BCUT2D eigenvalue weighted by Crippen LogP contribution is 2.26. The van der Waals surface area contributed by atoms with E-state index in [2.05, 4.69) is 6.07 Å². The number of nitriles is 1. The highest BCUT2D eigenvalue weighted by molar-refractivity contribution is 5.98. The maximum atomic E-state index is 11.3. The Morgan fingerprint density at radius 2 is 2.00 bits per heavy atom. The Balaban J connectivity index is 2.00. The van der Waals surface area contributed by atoms with Crippen molar-refractivity contribution in [2.24, 2.45) is 0 Å². The van der Waals surface area contributed by atoms with Crippen molar-refractivity contribution in [3.8, 4) is 11.8 Å². The summed E-state index contributed by atoms with van der Waals surface area (Å²) >= 11 is 0. The molecule has 2 aromatic carbocycles. The van der Waals surface area contributed by atoms with E-state index in [-0.39, 0.29) is 0 Å². The van der Waals surface area contributed by atoms with Crippen LogP contribution in [0.3, 0.4) is 0 Å². The molecule has 4 nitrogen and oxygen atoms in total. The molecule has 0 saturated carbocycles. The molecule has 3 rings (SSSR count). The van der Waals surface area contributed by atoms with Gasteiger partial charge in [-0.1, -0.05) is 12.1 Å². The molecule has 1 heterocycles. The molecule has 0 fully saturated rings. The first-order valence-electron chi connectivity index (χ1n) is 7.45. The predicted octanol–water partition coefficient (Wildman–Crippen LogP) is 3.77. The number of hydrogen-bond donors (Lipinski definition) is 0. The SMILES string of the molecule is CCOc1ccc2c(c1)c(C=O)cn2Cc1ccc(C#N)cc1. The normalized spacial score (nSPS) is 10.4. The lowest BCUT2D eigenvalue weighted by Crippen LogP contribution is -1.98. The molecule has 0 saturated heterocycles. The van der Waals surface area contributed by atoms with Crippen molar-refractivity contribution in [1.82, 2.24) is 4.57 Å². The quantitative estimate of drug-likeness (QED) is 0.674. The number of ether oxygens (including phenoxy) is 1. The van der Waals surface area contributed by atoms with Crippen LogP contribution >= 0.6 is 0 Å². The van der Waals surface area contributed by atoms with Gasteiger partial charge >= 0.3 is 0 Å². The highest BCUT2D eigenvalue weighted by atomic mass is 16.5. The first-order valence-corrected chi connectivity index (χ1v) is 7.45. The second kappa shape index (κ2) is 6.37. The monoisotopic (exact) mass is 304 g/mol. The molecule has 0 aliphatic rings. The standard InChI is InChI=1S/C19H16N2O2/c1-2-23-17-7-8-19-18(9-17)16(13-22)12-21(19)11-15-5-3-14(10-20)4-6-15/h3-9,12-13H,2,11H2,1H3. The van der Waals surface area contributed by atoms with E-state index in [4.69, 9.17) is 10.00 Å². The van der Waals surface area contributed by atoms with Crippen LogP contribution in [0.15, 0.2) is 48.7 Å². The van der Waals surface area contributed by atoms with Gasteiger partial charge in [0.05, 0.1) is 18.2 Å². The maximum Gasteiger partial charge on any atom is 0.152 e. The third-order valence-electron chi connectivity index (χ3n) is 3.76. The van der Waals surface area contributed by atoms with E-state index in [1.165, 1.54) is 0 Å². The van der Waals surface area contributed by atoms with E-state index in [1.807, 2.05) is 48.0 Å².